The number of aliphatic carboxylic acids is 1. The molecule has 0 saturated heterocycles. The molecule has 3 fully saturated rings. The minimum Gasteiger partial charge on any atom is -0.481 e. The summed E-state index contributed by atoms with van der Waals surface area (Å²) < 4.78 is 0. The molecule has 124 valence electrons. The molecule has 3 nitrogen and oxygen atoms in total. The van der Waals surface area contributed by atoms with Crippen LogP contribution < -0.4 is 0 Å². The third-order valence-electron chi connectivity index (χ3n) is 6.06. The number of carboxylic acids is 1. The molecule has 2 atom stereocenters. The highest BCUT2D eigenvalue weighted by Crippen LogP contribution is 2.35. The van der Waals surface area contributed by atoms with Crippen LogP contribution >= 0.6 is 0 Å². The maximum Gasteiger partial charge on any atom is 0.306 e. The van der Waals surface area contributed by atoms with E-state index in [1.807, 2.05) is 0 Å². The monoisotopic (exact) mass is 305 g/mol. The van der Waals surface area contributed by atoms with Crippen molar-refractivity contribution in [3.8, 4) is 0 Å². The van der Waals surface area contributed by atoms with Gasteiger partial charge in [-0.3, -0.25) is 4.79 Å². The molecule has 3 rings (SSSR count). The van der Waals surface area contributed by atoms with E-state index in [0.29, 0.717) is 12.2 Å². The van der Waals surface area contributed by atoms with Crippen LogP contribution in [0.4, 0.5) is 0 Å². The fourth-order valence-corrected chi connectivity index (χ4v) is 3.97. The molecule has 0 aliphatic heterocycles. The molecule has 0 aromatic carbocycles. The van der Waals surface area contributed by atoms with Crippen molar-refractivity contribution >= 4 is 13.8 Å². The number of carboxylic acid groups (broad SMARTS) is 1. The Balaban J connectivity index is 0.000000162. The van der Waals surface area contributed by atoms with Gasteiger partial charge in [0.15, 0.2) is 0 Å². The van der Waals surface area contributed by atoms with Gasteiger partial charge in [0.2, 0.25) is 0 Å². The lowest BCUT2D eigenvalue weighted by atomic mass is 9.85. The van der Waals surface area contributed by atoms with Gasteiger partial charge in [0.25, 0.3) is 0 Å². The van der Waals surface area contributed by atoms with Crippen LogP contribution in [0, 0.1) is 11.8 Å². The SMILES string of the molecule is CN(C1CCC1)C1CCC1.[B]CCCC1CCCC1C(=O)O. The number of rotatable bonds is 6. The molecular formula is C18H32BNO2. The number of nitrogens with zero attached hydrogens (tertiary/aromatic N) is 1. The van der Waals surface area contributed by atoms with Crippen LogP contribution in [0.1, 0.15) is 70.6 Å². The lowest BCUT2D eigenvalue weighted by Crippen LogP contribution is -2.46. The molecule has 4 heteroatoms. The summed E-state index contributed by atoms with van der Waals surface area (Å²) in [5.41, 5.74) is 0. The summed E-state index contributed by atoms with van der Waals surface area (Å²) in [6, 6.07) is 1.93. The molecule has 22 heavy (non-hydrogen) atoms. The van der Waals surface area contributed by atoms with Gasteiger partial charge in [-0.2, -0.15) is 0 Å². The van der Waals surface area contributed by atoms with E-state index in [1.165, 1.54) is 38.5 Å². The lowest BCUT2D eigenvalue weighted by molar-refractivity contribution is -0.143. The Morgan fingerprint density at radius 2 is 1.59 bits per heavy atom. The van der Waals surface area contributed by atoms with Crippen LogP contribution in [0.25, 0.3) is 0 Å². The molecule has 0 spiro atoms. The Bertz CT molecular complexity index is 328. The van der Waals surface area contributed by atoms with Crippen molar-refractivity contribution in [2.75, 3.05) is 7.05 Å². The largest absolute Gasteiger partial charge is 0.481 e. The standard InChI is InChI=1S/C9H15BO2.C9H17N/c10-6-2-4-7-3-1-5-8(7)9(11)12;1-10(8-4-2-5-8)9-6-3-7-9/h7-8H,1-6H2,(H,11,12);8-9H,2-7H2,1H3. The second-order valence-electron chi connectivity index (χ2n) is 7.40. The average molecular weight is 305 g/mol. The zero-order valence-corrected chi connectivity index (χ0v) is 14.2. The van der Waals surface area contributed by atoms with Gasteiger partial charge in [-0.05, 0) is 51.5 Å². The predicted molar refractivity (Wildman–Crippen MR) is 91.3 cm³/mol. The van der Waals surface area contributed by atoms with E-state index in [0.717, 1.165) is 44.2 Å². The summed E-state index contributed by atoms with van der Waals surface area (Å²) in [6.45, 7) is 0. The zero-order valence-electron chi connectivity index (χ0n) is 14.2. The first-order valence-electron chi connectivity index (χ1n) is 9.28. The van der Waals surface area contributed by atoms with Crippen molar-refractivity contribution in [3.63, 3.8) is 0 Å². The fourth-order valence-electron chi connectivity index (χ4n) is 3.97. The number of hydrogen-bond acceptors (Lipinski definition) is 2. The van der Waals surface area contributed by atoms with E-state index in [-0.39, 0.29) is 5.92 Å². The van der Waals surface area contributed by atoms with Crippen LogP contribution in [0.2, 0.25) is 6.32 Å². The van der Waals surface area contributed by atoms with Gasteiger partial charge in [-0.15, -0.1) is 0 Å². The molecule has 2 unspecified atom stereocenters. The highest BCUT2D eigenvalue weighted by atomic mass is 16.4. The highest BCUT2D eigenvalue weighted by Gasteiger charge is 2.32. The van der Waals surface area contributed by atoms with Crippen LogP contribution in [-0.4, -0.2) is 43.0 Å². The van der Waals surface area contributed by atoms with Crippen LogP contribution in [0.3, 0.4) is 0 Å². The van der Waals surface area contributed by atoms with Crippen molar-refractivity contribution in [2.24, 2.45) is 11.8 Å². The molecular weight excluding hydrogens is 273 g/mol. The molecule has 1 N–H and O–H groups in total. The first-order chi connectivity index (χ1) is 10.6. The quantitative estimate of drug-likeness (QED) is 0.757. The van der Waals surface area contributed by atoms with Gasteiger partial charge >= 0.3 is 5.97 Å². The summed E-state index contributed by atoms with van der Waals surface area (Å²) >= 11 is 0. The summed E-state index contributed by atoms with van der Waals surface area (Å²) in [6.07, 6.45) is 14.5. The van der Waals surface area contributed by atoms with E-state index < -0.39 is 5.97 Å². The van der Waals surface area contributed by atoms with Gasteiger partial charge < -0.3 is 10.0 Å². The average Bonchev–Trinajstić information content (AvgIpc) is 2.81. The summed E-state index contributed by atoms with van der Waals surface area (Å²) in [5, 5.41) is 8.85. The normalized spacial score (nSPS) is 28.6. The summed E-state index contributed by atoms with van der Waals surface area (Å²) in [4.78, 5) is 13.4. The van der Waals surface area contributed by atoms with E-state index in [9.17, 15) is 4.79 Å². The Morgan fingerprint density at radius 1 is 1.05 bits per heavy atom. The molecule has 3 aliphatic rings. The van der Waals surface area contributed by atoms with Crippen molar-refractivity contribution in [1.29, 1.82) is 0 Å². The van der Waals surface area contributed by atoms with Gasteiger partial charge in [0.05, 0.1) is 13.8 Å². The lowest BCUT2D eigenvalue weighted by Gasteiger charge is -2.43. The molecule has 0 aromatic rings. The highest BCUT2D eigenvalue weighted by molar-refractivity contribution is 6.08. The van der Waals surface area contributed by atoms with Crippen molar-refractivity contribution in [1.82, 2.24) is 4.90 Å². The van der Waals surface area contributed by atoms with Crippen molar-refractivity contribution < 1.29 is 9.90 Å². The second kappa shape index (κ2) is 8.95. The molecule has 0 bridgehead atoms. The van der Waals surface area contributed by atoms with Gasteiger partial charge in [0.1, 0.15) is 0 Å². The molecule has 0 heterocycles. The minimum atomic E-state index is -0.616. The third kappa shape index (κ3) is 4.74. The van der Waals surface area contributed by atoms with E-state index in [2.05, 4.69) is 11.9 Å². The van der Waals surface area contributed by atoms with E-state index in [4.69, 9.17) is 13.0 Å². The van der Waals surface area contributed by atoms with Gasteiger partial charge in [0, 0.05) is 12.1 Å². The number of hydrogen-bond donors (Lipinski definition) is 1. The van der Waals surface area contributed by atoms with Crippen LogP contribution in [0.5, 0.6) is 0 Å². The second-order valence-corrected chi connectivity index (χ2v) is 7.40. The minimum absolute atomic E-state index is 0.0865. The maximum atomic E-state index is 10.7. The van der Waals surface area contributed by atoms with E-state index in [1.54, 1.807) is 0 Å². The molecule has 0 amide bonds. The molecule has 3 aliphatic carbocycles. The van der Waals surface area contributed by atoms with Gasteiger partial charge in [-0.1, -0.05) is 38.4 Å². The summed E-state index contributed by atoms with van der Waals surface area (Å²) in [5.74, 6) is -0.308. The first-order valence-corrected chi connectivity index (χ1v) is 9.28. The smallest absolute Gasteiger partial charge is 0.306 e. The predicted octanol–water partition coefficient (Wildman–Crippen LogP) is 3.88. The van der Waals surface area contributed by atoms with Gasteiger partial charge in [-0.25, -0.2) is 0 Å². The Hall–Kier alpha value is -0.505. The van der Waals surface area contributed by atoms with Crippen LogP contribution in [0.15, 0.2) is 0 Å². The van der Waals surface area contributed by atoms with E-state index >= 15 is 0 Å². The summed E-state index contributed by atoms with van der Waals surface area (Å²) in [7, 11) is 7.69. The van der Waals surface area contributed by atoms with Crippen molar-refractivity contribution in [3.05, 3.63) is 0 Å². The number of carbonyl (C=O) groups is 1. The topological polar surface area (TPSA) is 40.5 Å². The third-order valence-corrected chi connectivity index (χ3v) is 6.06. The van der Waals surface area contributed by atoms with Crippen molar-refractivity contribution in [2.45, 2.75) is 89.0 Å². The molecule has 3 saturated carbocycles. The molecule has 2 radical (unpaired) electrons. The Labute approximate surface area is 137 Å². The Morgan fingerprint density at radius 3 is 2.00 bits per heavy atom. The Kier molecular flexibility index (Phi) is 7.26. The molecule has 0 aromatic heterocycles. The van der Waals surface area contributed by atoms with Crippen LogP contribution in [-0.2, 0) is 4.79 Å². The fraction of sp³-hybridized carbons (Fsp3) is 0.944. The maximum absolute atomic E-state index is 10.7. The first kappa shape index (κ1) is 17.8. The zero-order chi connectivity index (χ0) is 15.9.